The number of aliphatic hydroxyl groups is 1. The SMILES string of the molecule is CC/C=C\C/C=C\C/C=C\CCCCCCCC(=O)OC(CO)COC(=O)CCCCCCCCC/C=C\C/C=C\CCCCCC. The molecule has 5 nitrogen and oxygen atoms in total. The second kappa shape index (κ2) is 38.1. The predicted octanol–water partition coefficient (Wildman–Crippen LogP) is 12.0. The maximum atomic E-state index is 12.1. The van der Waals surface area contributed by atoms with Crippen LogP contribution in [0.4, 0.5) is 0 Å². The number of esters is 2. The van der Waals surface area contributed by atoms with Crippen molar-refractivity contribution in [2.24, 2.45) is 0 Å². The first-order valence-electron chi connectivity index (χ1n) is 19.3. The van der Waals surface area contributed by atoms with Crippen molar-refractivity contribution in [1.29, 1.82) is 0 Å². The number of hydrogen-bond acceptors (Lipinski definition) is 5. The zero-order valence-corrected chi connectivity index (χ0v) is 30.5. The summed E-state index contributed by atoms with van der Waals surface area (Å²) in [5, 5.41) is 9.54. The molecule has 0 saturated heterocycles. The van der Waals surface area contributed by atoms with E-state index in [1.165, 1.54) is 57.8 Å². The Balaban J connectivity index is 3.61. The zero-order valence-electron chi connectivity index (χ0n) is 30.5. The summed E-state index contributed by atoms with van der Waals surface area (Å²) in [5.41, 5.74) is 0. The largest absolute Gasteiger partial charge is 0.462 e. The molecule has 0 fully saturated rings. The van der Waals surface area contributed by atoms with Crippen LogP contribution in [-0.2, 0) is 19.1 Å². The van der Waals surface area contributed by atoms with E-state index in [1.54, 1.807) is 0 Å². The van der Waals surface area contributed by atoms with Crippen LogP contribution in [0.2, 0.25) is 0 Å². The van der Waals surface area contributed by atoms with Gasteiger partial charge in [0.15, 0.2) is 6.10 Å². The van der Waals surface area contributed by atoms with E-state index >= 15 is 0 Å². The molecule has 0 aromatic carbocycles. The van der Waals surface area contributed by atoms with Gasteiger partial charge in [-0.05, 0) is 77.0 Å². The summed E-state index contributed by atoms with van der Waals surface area (Å²) < 4.78 is 10.6. The highest BCUT2D eigenvalue weighted by Gasteiger charge is 2.16. The van der Waals surface area contributed by atoms with Gasteiger partial charge in [-0.3, -0.25) is 9.59 Å². The summed E-state index contributed by atoms with van der Waals surface area (Å²) in [7, 11) is 0. The molecule has 0 amide bonds. The van der Waals surface area contributed by atoms with Crippen molar-refractivity contribution < 1.29 is 24.2 Å². The van der Waals surface area contributed by atoms with Crippen LogP contribution in [0, 0.1) is 0 Å². The summed E-state index contributed by atoms with van der Waals surface area (Å²) in [6, 6.07) is 0. The fraction of sp³-hybridized carbons (Fsp3) is 0.714. The van der Waals surface area contributed by atoms with Crippen molar-refractivity contribution >= 4 is 11.9 Å². The van der Waals surface area contributed by atoms with Crippen LogP contribution >= 0.6 is 0 Å². The van der Waals surface area contributed by atoms with Crippen LogP contribution < -0.4 is 0 Å². The molecule has 0 aliphatic rings. The number of ether oxygens (including phenoxy) is 2. The van der Waals surface area contributed by atoms with E-state index in [0.717, 1.165) is 89.9 Å². The van der Waals surface area contributed by atoms with Crippen LogP contribution in [0.3, 0.4) is 0 Å². The number of hydrogen-bond donors (Lipinski definition) is 1. The second-order valence-corrected chi connectivity index (χ2v) is 12.6. The molecule has 0 radical (unpaired) electrons. The molecule has 1 N–H and O–H groups in total. The number of unbranched alkanes of at least 4 members (excludes halogenated alkanes) is 16. The first-order valence-corrected chi connectivity index (χ1v) is 19.3. The highest BCUT2D eigenvalue weighted by molar-refractivity contribution is 5.70. The number of rotatable bonds is 34. The molecule has 5 heteroatoms. The van der Waals surface area contributed by atoms with Crippen molar-refractivity contribution in [3.63, 3.8) is 0 Å². The van der Waals surface area contributed by atoms with Gasteiger partial charge in [0, 0.05) is 12.8 Å². The van der Waals surface area contributed by atoms with Gasteiger partial charge in [0.1, 0.15) is 6.61 Å². The first kappa shape index (κ1) is 44.6. The van der Waals surface area contributed by atoms with Gasteiger partial charge in [-0.2, -0.15) is 0 Å². The molecule has 1 atom stereocenters. The highest BCUT2D eigenvalue weighted by Crippen LogP contribution is 2.12. The molecule has 0 aliphatic heterocycles. The summed E-state index contributed by atoms with van der Waals surface area (Å²) in [4.78, 5) is 24.2. The van der Waals surface area contributed by atoms with Gasteiger partial charge in [-0.1, -0.05) is 145 Å². The average Bonchev–Trinajstić information content (AvgIpc) is 3.07. The lowest BCUT2D eigenvalue weighted by Crippen LogP contribution is -2.28. The fourth-order valence-corrected chi connectivity index (χ4v) is 5.13. The molecule has 0 saturated carbocycles. The molecule has 0 aliphatic carbocycles. The van der Waals surface area contributed by atoms with Crippen LogP contribution in [0.5, 0.6) is 0 Å². The van der Waals surface area contributed by atoms with E-state index in [1.807, 2.05) is 0 Å². The van der Waals surface area contributed by atoms with Crippen molar-refractivity contribution in [3.05, 3.63) is 60.8 Å². The van der Waals surface area contributed by atoms with Gasteiger partial charge in [0.05, 0.1) is 6.61 Å². The number of allylic oxidation sites excluding steroid dienone is 10. The van der Waals surface area contributed by atoms with Crippen molar-refractivity contribution in [3.8, 4) is 0 Å². The Morgan fingerprint density at radius 2 is 0.915 bits per heavy atom. The van der Waals surface area contributed by atoms with Crippen LogP contribution in [0.1, 0.15) is 174 Å². The lowest BCUT2D eigenvalue weighted by Gasteiger charge is -2.15. The predicted molar refractivity (Wildman–Crippen MR) is 200 cm³/mol. The fourth-order valence-electron chi connectivity index (χ4n) is 5.13. The minimum absolute atomic E-state index is 0.0793. The molecule has 0 rings (SSSR count). The lowest BCUT2D eigenvalue weighted by molar-refractivity contribution is -0.161. The van der Waals surface area contributed by atoms with Crippen LogP contribution in [-0.4, -0.2) is 36.4 Å². The molecular formula is C42H72O5. The summed E-state index contributed by atoms with van der Waals surface area (Å²) in [5.74, 6) is -0.623. The maximum absolute atomic E-state index is 12.1. The van der Waals surface area contributed by atoms with Gasteiger partial charge in [-0.15, -0.1) is 0 Å². The topological polar surface area (TPSA) is 72.8 Å². The molecule has 0 aromatic heterocycles. The zero-order chi connectivity index (χ0) is 34.3. The smallest absolute Gasteiger partial charge is 0.306 e. The Kier molecular flexibility index (Phi) is 36.1. The third kappa shape index (κ3) is 36.3. The van der Waals surface area contributed by atoms with Crippen molar-refractivity contribution in [1.82, 2.24) is 0 Å². The Bertz CT molecular complexity index is 838. The maximum Gasteiger partial charge on any atom is 0.306 e. The van der Waals surface area contributed by atoms with E-state index < -0.39 is 6.10 Å². The normalized spacial score (nSPS) is 12.8. The van der Waals surface area contributed by atoms with E-state index in [9.17, 15) is 14.7 Å². The average molecular weight is 657 g/mol. The highest BCUT2D eigenvalue weighted by atomic mass is 16.6. The Morgan fingerprint density at radius 1 is 0.511 bits per heavy atom. The summed E-state index contributed by atoms with van der Waals surface area (Å²) in [6.45, 7) is 3.98. The molecule has 0 aromatic rings. The molecule has 1 unspecified atom stereocenters. The van der Waals surface area contributed by atoms with E-state index in [4.69, 9.17) is 9.47 Å². The summed E-state index contributed by atoms with van der Waals surface area (Å²) >= 11 is 0. The molecule has 0 spiro atoms. The monoisotopic (exact) mass is 657 g/mol. The third-order valence-electron chi connectivity index (χ3n) is 8.05. The molecule has 270 valence electrons. The van der Waals surface area contributed by atoms with Crippen molar-refractivity contribution in [2.75, 3.05) is 13.2 Å². The minimum Gasteiger partial charge on any atom is -0.462 e. The van der Waals surface area contributed by atoms with Gasteiger partial charge in [0.2, 0.25) is 0 Å². The van der Waals surface area contributed by atoms with Crippen LogP contribution in [0.15, 0.2) is 60.8 Å². The Morgan fingerprint density at radius 3 is 1.38 bits per heavy atom. The quantitative estimate of drug-likeness (QED) is 0.0424. The molecule has 47 heavy (non-hydrogen) atoms. The molecular weight excluding hydrogens is 584 g/mol. The standard InChI is InChI=1S/C42H72O5/c1-3-5-7-9-11-13-15-17-19-20-21-23-24-26-28-30-32-34-36-41(44)46-39-40(38-43)47-42(45)37-35-33-31-29-27-25-22-18-16-14-12-10-8-6-4-2/h6,8,12-15,18-20,22,40,43H,3-5,7,9-11,16-17,21,23-39H2,1-2H3/b8-6-,14-12-,15-13-,20-19-,22-18-. The van der Waals surface area contributed by atoms with E-state index in [-0.39, 0.29) is 25.2 Å². The Labute approximate surface area is 290 Å². The van der Waals surface area contributed by atoms with Crippen molar-refractivity contribution in [2.45, 2.75) is 180 Å². The van der Waals surface area contributed by atoms with Gasteiger partial charge >= 0.3 is 11.9 Å². The van der Waals surface area contributed by atoms with Gasteiger partial charge in [-0.25, -0.2) is 0 Å². The third-order valence-corrected chi connectivity index (χ3v) is 8.05. The number of carbonyl (C=O) groups is 2. The number of carbonyl (C=O) groups excluding carboxylic acids is 2. The minimum atomic E-state index is -0.785. The van der Waals surface area contributed by atoms with E-state index in [0.29, 0.717) is 12.8 Å². The Hall–Kier alpha value is -2.40. The lowest BCUT2D eigenvalue weighted by atomic mass is 10.1. The molecule has 0 bridgehead atoms. The molecule has 0 heterocycles. The first-order chi connectivity index (χ1) is 23.1. The second-order valence-electron chi connectivity index (χ2n) is 12.6. The number of aliphatic hydroxyl groups excluding tert-OH is 1. The van der Waals surface area contributed by atoms with E-state index in [2.05, 4.69) is 74.6 Å². The van der Waals surface area contributed by atoms with Crippen LogP contribution in [0.25, 0.3) is 0 Å². The van der Waals surface area contributed by atoms with Gasteiger partial charge < -0.3 is 14.6 Å². The summed E-state index contributed by atoms with van der Waals surface area (Å²) in [6.07, 6.45) is 48.5. The van der Waals surface area contributed by atoms with Gasteiger partial charge in [0.25, 0.3) is 0 Å².